The van der Waals surface area contributed by atoms with E-state index in [2.05, 4.69) is 42.8 Å². The number of likely N-dealkylation sites (tertiary alicyclic amines) is 1. The van der Waals surface area contributed by atoms with Crippen molar-refractivity contribution in [1.82, 2.24) is 24.8 Å². The molecule has 5 rings (SSSR count). The van der Waals surface area contributed by atoms with Crippen molar-refractivity contribution in [1.29, 1.82) is 0 Å². The molecule has 4 aromatic heterocycles. The van der Waals surface area contributed by atoms with E-state index in [1.54, 1.807) is 5.38 Å². The molecule has 0 bridgehead atoms. The number of hydrogen-bond acceptors (Lipinski definition) is 9. The lowest BCUT2D eigenvalue weighted by Gasteiger charge is -2.30. The molecule has 1 aliphatic heterocycles. The molecule has 0 aliphatic carbocycles. The number of anilines is 2. The number of halogens is 1. The molecule has 168 valence electrons. The van der Waals surface area contributed by atoms with Gasteiger partial charge in [0.1, 0.15) is 20.4 Å². The quantitative estimate of drug-likeness (QED) is 0.289. The third-order valence-corrected chi connectivity index (χ3v) is 7.99. The first-order valence-corrected chi connectivity index (χ1v) is 12.3. The second-order valence-electron chi connectivity index (χ2n) is 7.47. The molecule has 0 saturated carbocycles. The van der Waals surface area contributed by atoms with Crippen molar-refractivity contribution in [2.45, 2.75) is 19.8 Å². The fraction of sp³-hybridized carbons (Fsp3) is 0.316. The Labute approximate surface area is 197 Å². The molecular weight excluding hydrogens is 518 g/mol. The molecular formula is C19H20BrN7O3S2. The maximum absolute atomic E-state index is 12.5. The van der Waals surface area contributed by atoms with Crippen LogP contribution in [-0.2, 0) is 0 Å². The number of piperidine rings is 1. The normalized spacial score (nSPS) is 14.5. The fourth-order valence-electron chi connectivity index (χ4n) is 3.40. The third kappa shape index (κ3) is 4.40. The van der Waals surface area contributed by atoms with Crippen molar-refractivity contribution in [3.63, 3.8) is 0 Å². The fourth-order valence-corrected chi connectivity index (χ4v) is 5.73. The van der Waals surface area contributed by atoms with Gasteiger partial charge < -0.3 is 16.4 Å². The SMILES string of the molecule is CC1CCN(C(=O)c2csc3c(=O)[nH]c(N)nc23)CC1.Nc1nc2c(Br)csc2c(=O)[nH]1. The van der Waals surface area contributed by atoms with E-state index < -0.39 is 0 Å². The molecule has 0 atom stereocenters. The van der Waals surface area contributed by atoms with E-state index in [1.807, 2.05) is 10.3 Å². The van der Waals surface area contributed by atoms with Crippen molar-refractivity contribution in [3.05, 3.63) is 41.5 Å². The molecule has 13 heteroatoms. The van der Waals surface area contributed by atoms with E-state index >= 15 is 0 Å². The van der Waals surface area contributed by atoms with Gasteiger partial charge in [0.2, 0.25) is 11.9 Å². The summed E-state index contributed by atoms with van der Waals surface area (Å²) in [6.07, 6.45) is 2.04. The first kappa shape index (κ1) is 22.4. The predicted octanol–water partition coefficient (Wildman–Crippen LogP) is 2.77. The van der Waals surface area contributed by atoms with Crippen LogP contribution in [0, 0.1) is 5.92 Å². The summed E-state index contributed by atoms with van der Waals surface area (Å²) in [5.41, 5.74) is 12.0. The van der Waals surface area contributed by atoms with Crippen molar-refractivity contribution in [3.8, 4) is 0 Å². The summed E-state index contributed by atoms with van der Waals surface area (Å²) < 4.78 is 1.85. The highest BCUT2D eigenvalue weighted by Gasteiger charge is 2.24. The maximum atomic E-state index is 12.5. The van der Waals surface area contributed by atoms with Crippen LogP contribution >= 0.6 is 38.6 Å². The van der Waals surface area contributed by atoms with Gasteiger partial charge in [-0.1, -0.05) is 6.92 Å². The Hall–Kier alpha value is -2.77. The zero-order valence-corrected chi connectivity index (χ0v) is 20.2. The highest BCUT2D eigenvalue weighted by Crippen LogP contribution is 2.26. The maximum Gasteiger partial charge on any atom is 0.270 e. The summed E-state index contributed by atoms with van der Waals surface area (Å²) in [6.45, 7) is 3.72. The van der Waals surface area contributed by atoms with Gasteiger partial charge in [0.25, 0.3) is 17.0 Å². The Morgan fingerprint density at radius 1 is 1.03 bits per heavy atom. The standard InChI is InChI=1S/C13H16N4O2S.C6H4BrN3OS/c1-7-2-4-17(5-3-7)12(19)8-6-20-10-9(8)15-13(14)16-11(10)18;7-2-1-12-4-3(2)9-6(8)10-5(4)11/h6-7H,2-5H2,1H3,(H3,14,15,16,18);1H,(H3,8,9,10,11). The van der Waals surface area contributed by atoms with Crippen LogP contribution in [0.25, 0.3) is 20.4 Å². The van der Waals surface area contributed by atoms with Crippen molar-refractivity contribution in [2.24, 2.45) is 5.92 Å². The average molecular weight is 538 g/mol. The third-order valence-electron chi connectivity index (χ3n) is 5.15. The molecule has 0 aromatic carbocycles. The lowest BCUT2D eigenvalue weighted by atomic mass is 9.99. The summed E-state index contributed by atoms with van der Waals surface area (Å²) in [5, 5.41) is 3.51. The Kier molecular flexibility index (Phi) is 6.31. The van der Waals surface area contributed by atoms with E-state index in [1.165, 1.54) is 22.7 Å². The van der Waals surface area contributed by atoms with Crippen LogP contribution in [0.15, 0.2) is 24.8 Å². The van der Waals surface area contributed by atoms with Gasteiger partial charge in [0.15, 0.2) is 0 Å². The zero-order valence-electron chi connectivity index (χ0n) is 17.0. The zero-order chi connectivity index (χ0) is 23.0. The highest BCUT2D eigenvalue weighted by atomic mass is 79.9. The first-order valence-electron chi connectivity index (χ1n) is 9.73. The molecule has 5 heterocycles. The van der Waals surface area contributed by atoms with Crippen LogP contribution in [0.2, 0.25) is 0 Å². The number of hydrogen-bond donors (Lipinski definition) is 4. The van der Waals surface area contributed by atoms with Crippen molar-refractivity contribution < 1.29 is 4.79 Å². The Balaban J connectivity index is 0.000000174. The molecule has 0 radical (unpaired) electrons. The lowest BCUT2D eigenvalue weighted by Crippen LogP contribution is -2.37. The topological polar surface area (TPSA) is 164 Å². The van der Waals surface area contributed by atoms with Crippen LogP contribution < -0.4 is 22.6 Å². The molecule has 6 N–H and O–H groups in total. The summed E-state index contributed by atoms with van der Waals surface area (Å²) in [6, 6.07) is 0. The number of aromatic amines is 2. The van der Waals surface area contributed by atoms with E-state index in [4.69, 9.17) is 11.5 Å². The molecule has 0 unspecified atom stereocenters. The van der Waals surface area contributed by atoms with Crippen LogP contribution in [0.5, 0.6) is 0 Å². The highest BCUT2D eigenvalue weighted by molar-refractivity contribution is 9.10. The van der Waals surface area contributed by atoms with E-state index in [9.17, 15) is 14.4 Å². The second-order valence-corrected chi connectivity index (χ2v) is 10.1. The summed E-state index contributed by atoms with van der Waals surface area (Å²) in [5.74, 6) is 0.796. The number of amides is 1. The number of nitrogens with two attached hydrogens (primary N) is 2. The minimum absolute atomic E-state index is 0.0437. The first-order chi connectivity index (χ1) is 15.2. The Morgan fingerprint density at radius 3 is 2.19 bits per heavy atom. The molecule has 32 heavy (non-hydrogen) atoms. The predicted molar refractivity (Wildman–Crippen MR) is 131 cm³/mol. The number of thiophene rings is 2. The summed E-state index contributed by atoms with van der Waals surface area (Å²) >= 11 is 5.85. The number of aromatic nitrogens is 4. The number of nitrogens with zero attached hydrogens (tertiary/aromatic N) is 3. The minimum atomic E-state index is -0.288. The minimum Gasteiger partial charge on any atom is -0.369 e. The molecule has 1 aliphatic rings. The van der Waals surface area contributed by atoms with E-state index in [0.717, 1.165) is 30.4 Å². The molecule has 1 saturated heterocycles. The molecule has 0 spiro atoms. The molecule has 4 aromatic rings. The van der Waals surface area contributed by atoms with Crippen LogP contribution in [0.1, 0.15) is 30.1 Å². The number of carbonyl (C=O) groups is 1. The van der Waals surface area contributed by atoms with Crippen molar-refractivity contribution in [2.75, 3.05) is 24.6 Å². The lowest BCUT2D eigenvalue weighted by molar-refractivity contribution is 0.0699. The van der Waals surface area contributed by atoms with Gasteiger partial charge in [-0.25, -0.2) is 9.97 Å². The number of rotatable bonds is 1. The van der Waals surface area contributed by atoms with Crippen molar-refractivity contribution >= 4 is 76.8 Å². The Bertz CT molecular complexity index is 1420. The van der Waals surface area contributed by atoms with Gasteiger partial charge in [-0.2, -0.15) is 0 Å². The number of H-pyrrole nitrogens is 2. The van der Waals surface area contributed by atoms with Gasteiger partial charge in [-0.15, -0.1) is 22.7 Å². The average Bonchev–Trinajstić information content (AvgIpc) is 3.33. The smallest absolute Gasteiger partial charge is 0.270 e. The molecule has 10 nitrogen and oxygen atoms in total. The van der Waals surface area contributed by atoms with Gasteiger partial charge >= 0.3 is 0 Å². The van der Waals surface area contributed by atoms with E-state index in [-0.39, 0.29) is 28.9 Å². The van der Waals surface area contributed by atoms with Crippen LogP contribution in [0.4, 0.5) is 11.9 Å². The number of fused-ring (bicyclic) bond motifs is 2. The van der Waals surface area contributed by atoms with E-state index in [0.29, 0.717) is 31.9 Å². The van der Waals surface area contributed by atoms with Gasteiger partial charge in [-0.3, -0.25) is 24.4 Å². The molecule has 1 amide bonds. The second kappa shape index (κ2) is 9.00. The number of carbonyl (C=O) groups excluding carboxylic acids is 1. The van der Waals surface area contributed by atoms with Gasteiger partial charge in [0, 0.05) is 23.8 Å². The largest absolute Gasteiger partial charge is 0.369 e. The Morgan fingerprint density at radius 2 is 1.56 bits per heavy atom. The molecule has 1 fully saturated rings. The summed E-state index contributed by atoms with van der Waals surface area (Å²) in [4.78, 5) is 50.3. The number of nitrogens with one attached hydrogen (secondary N) is 2. The monoisotopic (exact) mass is 537 g/mol. The summed E-state index contributed by atoms with van der Waals surface area (Å²) in [7, 11) is 0. The van der Waals surface area contributed by atoms with Crippen LogP contribution in [-0.4, -0.2) is 43.8 Å². The van der Waals surface area contributed by atoms with Gasteiger partial charge in [-0.05, 0) is 34.7 Å². The number of nitrogen functional groups attached to an aromatic ring is 2. The van der Waals surface area contributed by atoms with Gasteiger partial charge in [0.05, 0.1) is 10.0 Å². The van der Waals surface area contributed by atoms with Crippen LogP contribution in [0.3, 0.4) is 0 Å².